The number of carbonyl (C=O) groups is 2. The van der Waals surface area contributed by atoms with Crippen LogP contribution >= 0.6 is 23.1 Å². The molecule has 7 nitrogen and oxygen atoms in total. The van der Waals surface area contributed by atoms with Crippen molar-refractivity contribution in [3.8, 4) is 0 Å². The molecule has 0 unspecified atom stereocenters. The number of imide groups is 1. The Kier molecular flexibility index (Phi) is 6.48. The van der Waals surface area contributed by atoms with Crippen LogP contribution in [0.15, 0.2) is 22.6 Å². The first-order chi connectivity index (χ1) is 12.5. The maximum absolute atomic E-state index is 12.9. The fourth-order valence-corrected chi connectivity index (χ4v) is 4.25. The van der Waals surface area contributed by atoms with Crippen LogP contribution in [0.5, 0.6) is 0 Å². The van der Waals surface area contributed by atoms with Crippen molar-refractivity contribution in [2.24, 2.45) is 0 Å². The molecule has 0 saturated heterocycles. The Morgan fingerprint density at radius 1 is 1.33 bits per heavy atom. The van der Waals surface area contributed by atoms with E-state index in [4.69, 9.17) is 0 Å². The van der Waals surface area contributed by atoms with Crippen LogP contribution in [-0.4, -0.2) is 32.8 Å². The first-order valence-corrected chi connectivity index (χ1v) is 10.2. The highest BCUT2D eigenvalue weighted by molar-refractivity contribution is 7.99. The van der Waals surface area contributed by atoms with E-state index < -0.39 is 17.5 Å². The predicted octanol–water partition coefficient (Wildman–Crippen LogP) is 2.98. The molecular weight excluding hydrogens is 384 g/mol. The van der Waals surface area contributed by atoms with Gasteiger partial charge in [0.1, 0.15) is 4.83 Å². The molecule has 0 aromatic carbocycles. The molecule has 146 valence electrons. The summed E-state index contributed by atoms with van der Waals surface area (Å²) in [6.45, 7) is 13.3. The zero-order chi connectivity index (χ0) is 20.4. The fourth-order valence-electron chi connectivity index (χ4n) is 2.37. The van der Waals surface area contributed by atoms with Gasteiger partial charge in [0, 0.05) is 17.0 Å². The van der Waals surface area contributed by atoms with E-state index in [0.29, 0.717) is 21.9 Å². The molecule has 0 saturated carbocycles. The molecular formula is C18H24N4O3S2. The van der Waals surface area contributed by atoms with Gasteiger partial charge in [0.05, 0.1) is 11.1 Å². The summed E-state index contributed by atoms with van der Waals surface area (Å²) in [5, 5.41) is 5.98. The summed E-state index contributed by atoms with van der Waals surface area (Å²) in [7, 11) is 0. The van der Waals surface area contributed by atoms with Gasteiger partial charge in [0.25, 0.3) is 5.56 Å². The summed E-state index contributed by atoms with van der Waals surface area (Å²) in [4.78, 5) is 43.0. The molecule has 0 aliphatic rings. The number of hydrogen-bond acceptors (Lipinski definition) is 6. The van der Waals surface area contributed by atoms with E-state index in [0.717, 1.165) is 22.2 Å². The average molecular weight is 409 g/mol. The van der Waals surface area contributed by atoms with E-state index in [-0.39, 0.29) is 11.3 Å². The van der Waals surface area contributed by atoms with Gasteiger partial charge in [-0.3, -0.25) is 19.5 Å². The first kappa shape index (κ1) is 21.2. The quantitative estimate of drug-likeness (QED) is 0.451. The molecule has 0 atom stereocenters. The van der Waals surface area contributed by atoms with Gasteiger partial charge in [-0.25, -0.2) is 9.78 Å². The number of nitrogens with zero attached hydrogens (tertiary/aromatic N) is 2. The summed E-state index contributed by atoms with van der Waals surface area (Å²) < 4.78 is 1.50. The number of thiophene rings is 1. The number of allylic oxidation sites excluding steroid dienone is 1. The lowest BCUT2D eigenvalue weighted by Crippen LogP contribution is -2.48. The standard InChI is InChI=1S/C18H24N4O3S2/c1-7-8-22-15(24)13-10(2)11(3)27-14(13)20-17(22)26-9-12(23)19-16(25)21-18(4,5)6/h7H,1,8-9H2,2-6H3,(H2,19,21,23,25). The smallest absolute Gasteiger partial charge is 0.321 e. The van der Waals surface area contributed by atoms with Crippen LogP contribution < -0.4 is 16.2 Å². The monoisotopic (exact) mass is 408 g/mol. The molecule has 0 radical (unpaired) electrons. The first-order valence-electron chi connectivity index (χ1n) is 8.39. The number of urea groups is 1. The van der Waals surface area contributed by atoms with Crippen LogP contribution in [-0.2, 0) is 11.3 Å². The second-order valence-corrected chi connectivity index (χ2v) is 9.25. The van der Waals surface area contributed by atoms with Gasteiger partial charge >= 0.3 is 6.03 Å². The molecule has 27 heavy (non-hydrogen) atoms. The van der Waals surface area contributed by atoms with Crippen LogP contribution in [0.1, 0.15) is 31.2 Å². The van der Waals surface area contributed by atoms with Crippen LogP contribution in [0.3, 0.4) is 0 Å². The van der Waals surface area contributed by atoms with E-state index in [1.165, 1.54) is 15.9 Å². The van der Waals surface area contributed by atoms with E-state index >= 15 is 0 Å². The Bertz CT molecular complexity index is 954. The minimum Gasteiger partial charge on any atom is -0.333 e. The Labute approximate surface area is 166 Å². The predicted molar refractivity (Wildman–Crippen MR) is 111 cm³/mol. The van der Waals surface area contributed by atoms with Crippen molar-refractivity contribution < 1.29 is 9.59 Å². The van der Waals surface area contributed by atoms with Crippen molar-refractivity contribution in [2.45, 2.75) is 51.9 Å². The number of rotatable bonds is 5. The maximum atomic E-state index is 12.9. The minimum atomic E-state index is -0.551. The van der Waals surface area contributed by atoms with Crippen molar-refractivity contribution in [3.63, 3.8) is 0 Å². The number of aryl methyl sites for hydroxylation is 2. The van der Waals surface area contributed by atoms with Crippen molar-refractivity contribution in [3.05, 3.63) is 33.4 Å². The van der Waals surface area contributed by atoms with E-state index in [1.807, 2.05) is 34.6 Å². The topological polar surface area (TPSA) is 93.1 Å². The minimum absolute atomic E-state index is 0.0318. The molecule has 0 aliphatic heterocycles. The fraction of sp³-hybridized carbons (Fsp3) is 0.444. The Morgan fingerprint density at radius 2 is 2.00 bits per heavy atom. The van der Waals surface area contributed by atoms with E-state index in [9.17, 15) is 14.4 Å². The zero-order valence-corrected chi connectivity index (χ0v) is 17.8. The van der Waals surface area contributed by atoms with Gasteiger partial charge in [-0.15, -0.1) is 17.9 Å². The Hall–Kier alpha value is -2.13. The molecule has 0 fully saturated rings. The summed E-state index contributed by atoms with van der Waals surface area (Å²) >= 11 is 2.57. The molecule has 2 heterocycles. The van der Waals surface area contributed by atoms with Crippen LogP contribution in [0.25, 0.3) is 10.2 Å². The molecule has 0 aliphatic carbocycles. The third-order valence-corrected chi connectivity index (χ3v) is 5.72. The van der Waals surface area contributed by atoms with Crippen molar-refractivity contribution >= 4 is 45.3 Å². The van der Waals surface area contributed by atoms with E-state index in [2.05, 4.69) is 22.2 Å². The lowest BCUT2D eigenvalue weighted by molar-refractivity contribution is -0.117. The number of thioether (sulfide) groups is 1. The third-order valence-electron chi connectivity index (χ3n) is 3.64. The van der Waals surface area contributed by atoms with Gasteiger partial charge in [-0.1, -0.05) is 17.8 Å². The Morgan fingerprint density at radius 3 is 2.59 bits per heavy atom. The highest BCUT2D eigenvalue weighted by Crippen LogP contribution is 2.28. The second kappa shape index (κ2) is 8.26. The van der Waals surface area contributed by atoms with Gasteiger partial charge < -0.3 is 5.32 Å². The Balaban J connectivity index is 2.22. The molecule has 2 aromatic rings. The highest BCUT2D eigenvalue weighted by Gasteiger charge is 2.19. The van der Waals surface area contributed by atoms with Gasteiger partial charge in [0.2, 0.25) is 5.91 Å². The normalized spacial score (nSPS) is 11.4. The number of fused-ring (bicyclic) bond motifs is 1. The molecule has 2 rings (SSSR count). The molecule has 9 heteroatoms. The van der Waals surface area contributed by atoms with Gasteiger partial charge in [-0.2, -0.15) is 0 Å². The van der Waals surface area contributed by atoms with Crippen LogP contribution in [0.2, 0.25) is 0 Å². The third kappa shape index (κ3) is 5.20. The SMILES string of the molecule is C=CCn1c(SCC(=O)NC(=O)NC(C)(C)C)nc2sc(C)c(C)c2c1=O. The molecule has 2 aromatic heterocycles. The van der Waals surface area contributed by atoms with Crippen molar-refractivity contribution in [2.75, 3.05) is 5.75 Å². The largest absolute Gasteiger partial charge is 0.333 e. The van der Waals surface area contributed by atoms with Crippen molar-refractivity contribution in [1.29, 1.82) is 0 Å². The van der Waals surface area contributed by atoms with Gasteiger partial charge in [0.15, 0.2) is 5.16 Å². The molecule has 0 bridgehead atoms. The number of carbonyl (C=O) groups excluding carboxylic acids is 2. The maximum Gasteiger partial charge on any atom is 0.321 e. The number of hydrogen-bond donors (Lipinski definition) is 2. The summed E-state index contributed by atoms with van der Waals surface area (Å²) in [6.07, 6.45) is 1.62. The number of nitrogens with one attached hydrogen (secondary N) is 2. The number of amides is 3. The summed E-state index contributed by atoms with van der Waals surface area (Å²) in [5.74, 6) is -0.490. The van der Waals surface area contributed by atoms with Gasteiger partial charge in [-0.05, 0) is 40.2 Å². The second-order valence-electron chi connectivity index (χ2n) is 7.10. The van der Waals surface area contributed by atoms with E-state index in [1.54, 1.807) is 6.08 Å². The molecule has 0 spiro atoms. The lowest BCUT2D eigenvalue weighted by atomic mass is 10.1. The zero-order valence-electron chi connectivity index (χ0n) is 16.1. The average Bonchev–Trinajstić information content (AvgIpc) is 2.81. The van der Waals surface area contributed by atoms with Crippen LogP contribution in [0.4, 0.5) is 4.79 Å². The molecule has 2 N–H and O–H groups in total. The molecule has 3 amide bonds. The summed E-state index contributed by atoms with van der Waals surface area (Å²) in [5.41, 5.74) is 0.345. The number of aromatic nitrogens is 2. The highest BCUT2D eigenvalue weighted by atomic mass is 32.2. The van der Waals surface area contributed by atoms with Crippen LogP contribution in [0, 0.1) is 13.8 Å². The lowest BCUT2D eigenvalue weighted by Gasteiger charge is -2.20. The van der Waals surface area contributed by atoms with Crippen molar-refractivity contribution in [1.82, 2.24) is 20.2 Å². The summed E-state index contributed by atoms with van der Waals surface area (Å²) in [6, 6.07) is -0.551.